The number of halogens is 2. The number of hydrogen-bond acceptors (Lipinski definition) is 1. The summed E-state index contributed by atoms with van der Waals surface area (Å²) in [6, 6.07) is 7.09. The highest BCUT2D eigenvalue weighted by atomic mass is 127. The Labute approximate surface area is 150 Å². The van der Waals surface area contributed by atoms with E-state index >= 15 is 0 Å². The van der Waals surface area contributed by atoms with Crippen molar-refractivity contribution in [3.05, 3.63) is 35.6 Å². The van der Waals surface area contributed by atoms with E-state index in [1.54, 1.807) is 12.1 Å². The van der Waals surface area contributed by atoms with Crippen molar-refractivity contribution >= 4 is 29.9 Å². The predicted molar refractivity (Wildman–Crippen MR) is 102 cm³/mol. The van der Waals surface area contributed by atoms with Crippen molar-refractivity contribution in [2.75, 3.05) is 19.6 Å². The van der Waals surface area contributed by atoms with Crippen LogP contribution >= 0.6 is 24.0 Å². The Bertz CT molecular complexity index is 498. The van der Waals surface area contributed by atoms with Crippen LogP contribution < -0.4 is 10.6 Å². The summed E-state index contributed by atoms with van der Waals surface area (Å²) in [4.78, 5) is 4.66. The smallest absolute Gasteiger partial charge is 0.191 e. The average Bonchev–Trinajstić information content (AvgIpc) is 3.23. The molecule has 0 amide bonds. The van der Waals surface area contributed by atoms with Crippen LogP contribution in [-0.4, -0.2) is 25.6 Å². The van der Waals surface area contributed by atoms with Gasteiger partial charge in [-0.05, 0) is 37.3 Å². The van der Waals surface area contributed by atoms with Gasteiger partial charge in [-0.25, -0.2) is 4.39 Å². The monoisotopic (exact) mass is 419 g/mol. The van der Waals surface area contributed by atoms with E-state index in [-0.39, 0.29) is 35.2 Å². The van der Waals surface area contributed by atoms with Gasteiger partial charge in [-0.1, -0.05) is 32.0 Å². The molecule has 1 saturated carbocycles. The van der Waals surface area contributed by atoms with Crippen LogP contribution in [0.5, 0.6) is 0 Å². The van der Waals surface area contributed by atoms with Crippen molar-refractivity contribution in [1.29, 1.82) is 0 Å². The summed E-state index contributed by atoms with van der Waals surface area (Å²) in [6.07, 6.45) is 2.03. The van der Waals surface area contributed by atoms with Crippen molar-refractivity contribution in [3.8, 4) is 0 Å². The van der Waals surface area contributed by atoms with Gasteiger partial charge in [-0.15, -0.1) is 24.0 Å². The lowest BCUT2D eigenvalue weighted by molar-refractivity contribution is 0.570. The lowest BCUT2D eigenvalue weighted by Gasteiger charge is -2.17. The van der Waals surface area contributed by atoms with Crippen molar-refractivity contribution in [3.63, 3.8) is 0 Å². The minimum Gasteiger partial charge on any atom is -0.357 e. The lowest BCUT2D eigenvalue weighted by Crippen LogP contribution is -2.39. The number of rotatable bonds is 6. The molecule has 0 unspecified atom stereocenters. The van der Waals surface area contributed by atoms with E-state index in [9.17, 15) is 4.39 Å². The topological polar surface area (TPSA) is 36.4 Å². The van der Waals surface area contributed by atoms with Gasteiger partial charge in [0.25, 0.3) is 0 Å². The fraction of sp³-hybridized carbons (Fsp3) is 0.588. The largest absolute Gasteiger partial charge is 0.357 e. The molecule has 0 aromatic heterocycles. The van der Waals surface area contributed by atoms with Crippen LogP contribution in [0, 0.1) is 11.7 Å². The van der Waals surface area contributed by atoms with Crippen molar-refractivity contribution < 1.29 is 4.39 Å². The molecule has 0 aliphatic heterocycles. The molecule has 0 radical (unpaired) electrons. The molecule has 22 heavy (non-hydrogen) atoms. The first-order chi connectivity index (χ1) is 10.1. The van der Waals surface area contributed by atoms with E-state index < -0.39 is 0 Å². The molecular weight excluding hydrogens is 392 g/mol. The molecule has 1 aromatic rings. The van der Waals surface area contributed by atoms with Crippen LogP contribution in [0.25, 0.3) is 0 Å². The number of aliphatic imine (C=N–C) groups is 1. The maximum absolute atomic E-state index is 14.0. The molecule has 2 rings (SSSR count). The first-order valence-electron chi connectivity index (χ1n) is 7.84. The number of nitrogens with zero attached hydrogens (tertiary/aromatic N) is 1. The Balaban J connectivity index is 0.00000242. The normalized spacial score (nSPS) is 16.1. The third-order valence-corrected chi connectivity index (χ3v) is 3.86. The van der Waals surface area contributed by atoms with E-state index in [1.165, 1.54) is 0 Å². The Morgan fingerprint density at radius 3 is 2.50 bits per heavy atom. The number of benzene rings is 1. The summed E-state index contributed by atoms with van der Waals surface area (Å²) in [7, 11) is 0. The Morgan fingerprint density at radius 2 is 1.95 bits per heavy atom. The SMILES string of the molecule is CCNC(=NCC1(c2ccccc2F)CC1)NCC(C)C.I. The quantitative estimate of drug-likeness (QED) is 0.419. The van der Waals surface area contributed by atoms with E-state index in [0.29, 0.717) is 12.5 Å². The van der Waals surface area contributed by atoms with Crippen LogP contribution in [0.4, 0.5) is 4.39 Å². The molecule has 0 heterocycles. The first kappa shape index (κ1) is 19.2. The van der Waals surface area contributed by atoms with E-state index in [0.717, 1.165) is 37.5 Å². The second-order valence-corrected chi connectivity index (χ2v) is 6.23. The van der Waals surface area contributed by atoms with Gasteiger partial charge >= 0.3 is 0 Å². The molecule has 2 N–H and O–H groups in total. The van der Waals surface area contributed by atoms with Crippen molar-refractivity contribution in [1.82, 2.24) is 10.6 Å². The molecule has 1 fully saturated rings. The summed E-state index contributed by atoms with van der Waals surface area (Å²) in [6.45, 7) is 8.74. The van der Waals surface area contributed by atoms with Gasteiger partial charge in [0, 0.05) is 18.5 Å². The predicted octanol–water partition coefficient (Wildman–Crippen LogP) is 3.69. The van der Waals surface area contributed by atoms with Crippen LogP contribution in [0.2, 0.25) is 0 Å². The molecule has 0 spiro atoms. The average molecular weight is 419 g/mol. The Kier molecular flexibility index (Phi) is 7.59. The minimum atomic E-state index is -0.106. The lowest BCUT2D eigenvalue weighted by atomic mass is 9.95. The molecule has 0 atom stereocenters. The molecule has 124 valence electrons. The van der Waals surface area contributed by atoms with Crippen molar-refractivity contribution in [2.24, 2.45) is 10.9 Å². The Morgan fingerprint density at radius 1 is 1.27 bits per heavy atom. The van der Waals surface area contributed by atoms with Crippen LogP contribution in [0.15, 0.2) is 29.3 Å². The van der Waals surface area contributed by atoms with Gasteiger partial charge in [0.05, 0.1) is 6.54 Å². The second kappa shape index (κ2) is 8.70. The molecule has 5 heteroatoms. The highest BCUT2D eigenvalue weighted by Crippen LogP contribution is 2.49. The van der Waals surface area contributed by atoms with E-state index in [1.807, 2.05) is 12.1 Å². The molecule has 3 nitrogen and oxygen atoms in total. The summed E-state index contributed by atoms with van der Waals surface area (Å²) >= 11 is 0. The summed E-state index contributed by atoms with van der Waals surface area (Å²) in [5.74, 6) is 1.29. The van der Waals surface area contributed by atoms with Gasteiger partial charge in [-0.2, -0.15) is 0 Å². The highest BCUT2D eigenvalue weighted by Gasteiger charge is 2.45. The molecule has 0 bridgehead atoms. The Hall–Kier alpha value is -0.850. The number of nitrogens with one attached hydrogen (secondary N) is 2. The summed E-state index contributed by atoms with van der Waals surface area (Å²) in [5, 5.41) is 6.58. The third kappa shape index (κ3) is 5.11. The van der Waals surface area contributed by atoms with Crippen LogP contribution in [-0.2, 0) is 5.41 Å². The van der Waals surface area contributed by atoms with Gasteiger partial charge in [-0.3, -0.25) is 4.99 Å². The zero-order valence-corrected chi connectivity index (χ0v) is 16.0. The maximum Gasteiger partial charge on any atom is 0.191 e. The molecular formula is C17H27FIN3. The van der Waals surface area contributed by atoms with Gasteiger partial charge in [0.15, 0.2) is 5.96 Å². The van der Waals surface area contributed by atoms with Crippen LogP contribution in [0.1, 0.15) is 39.2 Å². The van der Waals surface area contributed by atoms with E-state index in [4.69, 9.17) is 0 Å². The zero-order valence-electron chi connectivity index (χ0n) is 13.7. The third-order valence-electron chi connectivity index (χ3n) is 3.86. The summed E-state index contributed by atoms with van der Waals surface area (Å²) in [5.41, 5.74) is 0.722. The fourth-order valence-electron chi connectivity index (χ4n) is 2.43. The standard InChI is InChI=1S/C17H26FN3.HI/c1-4-19-16(20-11-13(2)3)21-12-17(9-10-17)14-7-5-6-8-15(14)18;/h5-8,13H,4,9-12H2,1-3H3,(H2,19,20,21);1H. The molecule has 1 aromatic carbocycles. The number of guanidine groups is 1. The molecule has 0 saturated heterocycles. The zero-order chi connectivity index (χ0) is 15.3. The fourth-order valence-corrected chi connectivity index (χ4v) is 2.43. The molecule has 1 aliphatic rings. The minimum absolute atomic E-state index is 0. The van der Waals surface area contributed by atoms with Gasteiger partial charge < -0.3 is 10.6 Å². The van der Waals surface area contributed by atoms with Crippen LogP contribution in [0.3, 0.4) is 0 Å². The van der Waals surface area contributed by atoms with E-state index in [2.05, 4.69) is 36.4 Å². The second-order valence-electron chi connectivity index (χ2n) is 6.23. The highest BCUT2D eigenvalue weighted by molar-refractivity contribution is 14.0. The van der Waals surface area contributed by atoms with Gasteiger partial charge in [0.1, 0.15) is 5.82 Å². The summed E-state index contributed by atoms with van der Waals surface area (Å²) < 4.78 is 14.0. The first-order valence-corrected chi connectivity index (χ1v) is 7.84. The number of hydrogen-bond donors (Lipinski definition) is 2. The molecule has 1 aliphatic carbocycles. The van der Waals surface area contributed by atoms with Crippen molar-refractivity contribution in [2.45, 2.75) is 39.0 Å². The van der Waals surface area contributed by atoms with Gasteiger partial charge in [0.2, 0.25) is 0 Å². The maximum atomic E-state index is 14.0.